The Bertz CT molecular complexity index is 588. The summed E-state index contributed by atoms with van der Waals surface area (Å²) in [6, 6.07) is 12.7. The van der Waals surface area contributed by atoms with E-state index >= 15 is 0 Å². The maximum absolute atomic E-state index is 12.1. The second kappa shape index (κ2) is 5.89. The van der Waals surface area contributed by atoms with E-state index in [1.165, 1.54) is 0 Å². The van der Waals surface area contributed by atoms with E-state index in [9.17, 15) is 4.79 Å². The summed E-state index contributed by atoms with van der Waals surface area (Å²) in [4.78, 5) is 12.1. The lowest BCUT2D eigenvalue weighted by molar-refractivity contribution is 0.0921. The molecule has 3 heteroatoms. The number of carbonyl (C=O) groups is 1. The van der Waals surface area contributed by atoms with Gasteiger partial charge in [-0.1, -0.05) is 29.8 Å². The smallest absolute Gasteiger partial charge is 0.200 e. The van der Waals surface area contributed by atoms with Gasteiger partial charge in [0.2, 0.25) is 0 Å². The van der Waals surface area contributed by atoms with Crippen LogP contribution in [0, 0.1) is 13.8 Å². The first-order valence-electron chi connectivity index (χ1n) is 6.05. The quantitative estimate of drug-likeness (QED) is 0.781. The maximum atomic E-state index is 12.1. The van der Waals surface area contributed by atoms with Gasteiger partial charge in [0.15, 0.2) is 12.4 Å². The van der Waals surface area contributed by atoms with Crippen molar-refractivity contribution < 1.29 is 9.53 Å². The molecule has 0 aliphatic heterocycles. The van der Waals surface area contributed by atoms with Crippen LogP contribution >= 0.6 is 11.6 Å². The van der Waals surface area contributed by atoms with Crippen molar-refractivity contribution in [3.05, 3.63) is 64.2 Å². The number of rotatable bonds is 4. The number of halogens is 1. The Morgan fingerprint density at radius 2 is 1.79 bits per heavy atom. The van der Waals surface area contributed by atoms with Crippen LogP contribution in [0.2, 0.25) is 5.02 Å². The van der Waals surface area contributed by atoms with Crippen molar-refractivity contribution in [2.24, 2.45) is 0 Å². The molecular formula is C16H15ClO2. The van der Waals surface area contributed by atoms with Crippen LogP contribution in [0.15, 0.2) is 42.5 Å². The van der Waals surface area contributed by atoms with Crippen LogP contribution in [0.1, 0.15) is 21.5 Å². The third-order valence-corrected chi connectivity index (χ3v) is 3.34. The van der Waals surface area contributed by atoms with Gasteiger partial charge in [0.05, 0.1) is 0 Å². The molecule has 19 heavy (non-hydrogen) atoms. The topological polar surface area (TPSA) is 26.3 Å². The highest BCUT2D eigenvalue weighted by Gasteiger charge is 2.10. The summed E-state index contributed by atoms with van der Waals surface area (Å²) in [7, 11) is 0. The minimum Gasteiger partial charge on any atom is -0.485 e. The summed E-state index contributed by atoms with van der Waals surface area (Å²) in [5.74, 6) is 0.624. The SMILES string of the molecule is Cc1cccc(C(=O)COc2ccc(Cl)cc2)c1C. The molecule has 0 N–H and O–H groups in total. The molecule has 0 unspecified atom stereocenters. The molecule has 0 amide bonds. The van der Waals surface area contributed by atoms with Crippen LogP contribution in [-0.4, -0.2) is 12.4 Å². The Kier molecular flexibility index (Phi) is 4.23. The third kappa shape index (κ3) is 3.36. The van der Waals surface area contributed by atoms with E-state index in [2.05, 4.69) is 0 Å². The molecule has 0 spiro atoms. The molecule has 98 valence electrons. The summed E-state index contributed by atoms with van der Waals surface area (Å²) in [6.45, 7) is 3.98. The molecule has 0 aliphatic carbocycles. The zero-order chi connectivity index (χ0) is 13.8. The van der Waals surface area contributed by atoms with E-state index in [-0.39, 0.29) is 12.4 Å². The van der Waals surface area contributed by atoms with E-state index in [1.54, 1.807) is 24.3 Å². The van der Waals surface area contributed by atoms with Gasteiger partial charge in [-0.3, -0.25) is 4.79 Å². The second-order valence-corrected chi connectivity index (χ2v) is 4.85. The molecule has 0 saturated carbocycles. The molecule has 0 aromatic heterocycles. The molecule has 2 nitrogen and oxygen atoms in total. The second-order valence-electron chi connectivity index (χ2n) is 4.41. The number of benzene rings is 2. The first kappa shape index (κ1) is 13.6. The van der Waals surface area contributed by atoms with Gasteiger partial charge in [0.1, 0.15) is 5.75 Å². The number of ketones is 1. The standard InChI is InChI=1S/C16H15ClO2/c1-11-4-3-5-15(12(11)2)16(18)10-19-14-8-6-13(17)7-9-14/h3-9H,10H2,1-2H3. The molecule has 2 aromatic carbocycles. The van der Waals surface area contributed by atoms with Crippen LogP contribution < -0.4 is 4.74 Å². The summed E-state index contributed by atoms with van der Waals surface area (Å²) < 4.78 is 5.46. The number of hydrogen-bond donors (Lipinski definition) is 0. The number of aryl methyl sites for hydroxylation is 1. The van der Waals surface area contributed by atoms with Gasteiger partial charge >= 0.3 is 0 Å². The zero-order valence-electron chi connectivity index (χ0n) is 10.9. The van der Waals surface area contributed by atoms with Gasteiger partial charge in [0.25, 0.3) is 0 Å². The van der Waals surface area contributed by atoms with Crippen molar-refractivity contribution in [2.45, 2.75) is 13.8 Å². The third-order valence-electron chi connectivity index (χ3n) is 3.09. The molecule has 0 radical (unpaired) electrons. The molecule has 0 bridgehead atoms. The highest BCUT2D eigenvalue weighted by molar-refractivity contribution is 6.30. The molecule has 0 fully saturated rings. The predicted octanol–water partition coefficient (Wildman–Crippen LogP) is 4.22. The van der Waals surface area contributed by atoms with Gasteiger partial charge in [-0.25, -0.2) is 0 Å². The van der Waals surface area contributed by atoms with E-state index in [0.29, 0.717) is 16.3 Å². The van der Waals surface area contributed by atoms with Crippen LogP contribution in [0.3, 0.4) is 0 Å². The Morgan fingerprint density at radius 1 is 1.11 bits per heavy atom. The number of hydrogen-bond acceptors (Lipinski definition) is 2. The number of Topliss-reactive ketones (excluding diaryl/α,β-unsaturated/α-hetero) is 1. The molecule has 0 atom stereocenters. The molecule has 0 saturated heterocycles. The monoisotopic (exact) mass is 274 g/mol. The Hall–Kier alpha value is -1.80. The molecule has 0 heterocycles. The highest BCUT2D eigenvalue weighted by Crippen LogP contribution is 2.17. The van der Waals surface area contributed by atoms with Gasteiger partial charge < -0.3 is 4.74 Å². The van der Waals surface area contributed by atoms with Crippen molar-refractivity contribution in [3.63, 3.8) is 0 Å². The number of carbonyl (C=O) groups excluding carboxylic acids is 1. The predicted molar refractivity (Wildman–Crippen MR) is 77.2 cm³/mol. The van der Waals surface area contributed by atoms with Gasteiger partial charge in [0, 0.05) is 10.6 Å². The summed E-state index contributed by atoms with van der Waals surface area (Å²) in [6.07, 6.45) is 0. The Labute approximate surface area is 118 Å². The summed E-state index contributed by atoms with van der Waals surface area (Å²) >= 11 is 5.79. The fourth-order valence-corrected chi connectivity index (χ4v) is 1.94. The largest absolute Gasteiger partial charge is 0.485 e. The maximum Gasteiger partial charge on any atom is 0.200 e. The van der Waals surface area contributed by atoms with E-state index in [0.717, 1.165) is 11.1 Å². The van der Waals surface area contributed by atoms with Crippen LogP contribution in [0.25, 0.3) is 0 Å². The van der Waals surface area contributed by atoms with Crippen LogP contribution in [0.4, 0.5) is 0 Å². The van der Waals surface area contributed by atoms with Gasteiger partial charge in [-0.05, 0) is 49.2 Å². The van der Waals surface area contributed by atoms with Crippen molar-refractivity contribution in [1.29, 1.82) is 0 Å². The zero-order valence-corrected chi connectivity index (χ0v) is 11.7. The first-order chi connectivity index (χ1) is 9.08. The summed E-state index contributed by atoms with van der Waals surface area (Å²) in [5, 5.41) is 0.646. The minimum atomic E-state index is -0.0175. The van der Waals surface area contributed by atoms with E-state index < -0.39 is 0 Å². The highest BCUT2D eigenvalue weighted by atomic mass is 35.5. The lowest BCUT2D eigenvalue weighted by atomic mass is 10.0. The Morgan fingerprint density at radius 3 is 2.47 bits per heavy atom. The fourth-order valence-electron chi connectivity index (χ4n) is 1.81. The lowest BCUT2D eigenvalue weighted by Crippen LogP contribution is -2.13. The van der Waals surface area contributed by atoms with E-state index in [1.807, 2.05) is 32.0 Å². The molecular weight excluding hydrogens is 260 g/mol. The van der Waals surface area contributed by atoms with Crippen molar-refractivity contribution in [3.8, 4) is 5.75 Å². The molecule has 2 aromatic rings. The lowest BCUT2D eigenvalue weighted by Gasteiger charge is -2.09. The first-order valence-corrected chi connectivity index (χ1v) is 6.43. The number of ether oxygens (including phenoxy) is 1. The van der Waals surface area contributed by atoms with Crippen LogP contribution in [-0.2, 0) is 0 Å². The van der Waals surface area contributed by atoms with Crippen molar-refractivity contribution in [2.75, 3.05) is 6.61 Å². The average molecular weight is 275 g/mol. The van der Waals surface area contributed by atoms with Crippen molar-refractivity contribution in [1.82, 2.24) is 0 Å². The Balaban J connectivity index is 2.05. The fraction of sp³-hybridized carbons (Fsp3) is 0.188. The molecule has 0 aliphatic rings. The van der Waals surface area contributed by atoms with Crippen molar-refractivity contribution >= 4 is 17.4 Å². The van der Waals surface area contributed by atoms with E-state index in [4.69, 9.17) is 16.3 Å². The minimum absolute atomic E-state index is 0.0175. The normalized spacial score (nSPS) is 10.3. The molecule has 2 rings (SSSR count). The van der Waals surface area contributed by atoms with Crippen LogP contribution in [0.5, 0.6) is 5.75 Å². The van der Waals surface area contributed by atoms with Gasteiger partial charge in [-0.2, -0.15) is 0 Å². The average Bonchev–Trinajstić information content (AvgIpc) is 2.41. The summed E-state index contributed by atoms with van der Waals surface area (Å²) in [5.41, 5.74) is 2.83. The van der Waals surface area contributed by atoms with Gasteiger partial charge in [-0.15, -0.1) is 0 Å².